The Labute approximate surface area is 140 Å². The monoisotopic (exact) mass is 336 g/mol. The van der Waals surface area contributed by atoms with Crippen LogP contribution in [0.1, 0.15) is 20.3 Å². The third-order valence-electron chi connectivity index (χ3n) is 3.65. The van der Waals surface area contributed by atoms with E-state index in [9.17, 15) is 18.8 Å². The maximum Gasteiger partial charge on any atom is 0.311 e. The van der Waals surface area contributed by atoms with Gasteiger partial charge in [0.15, 0.2) is 6.61 Å². The van der Waals surface area contributed by atoms with Crippen LogP contribution in [0.25, 0.3) is 0 Å². The molecule has 0 unspecified atom stereocenters. The van der Waals surface area contributed by atoms with Crippen LogP contribution in [0.15, 0.2) is 24.3 Å². The molecule has 0 bridgehead atoms. The molecule has 1 N–H and O–H groups in total. The summed E-state index contributed by atoms with van der Waals surface area (Å²) in [6.45, 7) is 4.07. The first-order valence-electron chi connectivity index (χ1n) is 7.86. The highest BCUT2D eigenvalue weighted by Crippen LogP contribution is 2.27. The molecule has 0 spiro atoms. The Morgan fingerprint density at radius 2 is 2.08 bits per heavy atom. The number of ether oxygens (including phenoxy) is 1. The van der Waals surface area contributed by atoms with E-state index in [0.717, 1.165) is 0 Å². The normalized spacial score (nSPS) is 17.2. The standard InChI is InChI=1S/C17H21FN2O4/c1-11(2)8-19-15(21)10-24-17(23)12-7-16(22)20(9-12)14-6-4-3-5-13(14)18/h3-6,11-12H,7-10H2,1-2H3,(H,19,21)/t12-/m1/s1. The van der Waals surface area contributed by atoms with Gasteiger partial charge in [0.25, 0.3) is 5.91 Å². The number of carbonyl (C=O) groups excluding carboxylic acids is 3. The molecule has 1 aliphatic rings. The van der Waals surface area contributed by atoms with Crippen molar-refractivity contribution in [2.45, 2.75) is 20.3 Å². The van der Waals surface area contributed by atoms with E-state index in [-0.39, 0.29) is 37.1 Å². The van der Waals surface area contributed by atoms with Crippen molar-refractivity contribution in [2.75, 3.05) is 24.6 Å². The van der Waals surface area contributed by atoms with E-state index in [0.29, 0.717) is 12.5 Å². The summed E-state index contributed by atoms with van der Waals surface area (Å²) < 4.78 is 18.7. The molecular weight excluding hydrogens is 315 g/mol. The lowest BCUT2D eigenvalue weighted by Crippen LogP contribution is -2.33. The van der Waals surface area contributed by atoms with E-state index in [2.05, 4.69) is 5.32 Å². The van der Waals surface area contributed by atoms with Crippen molar-refractivity contribution in [3.8, 4) is 0 Å². The van der Waals surface area contributed by atoms with Crippen LogP contribution < -0.4 is 10.2 Å². The average molecular weight is 336 g/mol. The summed E-state index contributed by atoms with van der Waals surface area (Å²) in [4.78, 5) is 36.8. The fourth-order valence-corrected chi connectivity index (χ4v) is 2.39. The number of amides is 2. The number of carbonyl (C=O) groups is 3. The minimum atomic E-state index is -0.699. The third kappa shape index (κ3) is 4.53. The summed E-state index contributed by atoms with van der Waals surface area (Å²) in [7, 11) is 0. The zero-order chi connectivity index (χ0) is 17.7. The maximum atomic E-state index is 13.8. The minimum Gasteiger partial charge on any atom is -0.455 e. The van der Waals surface area contributed by atoms with Crippen LogP contribution in [-0.4, -0.2) is 37.5 Å². The van der Waals surface area contributed by atoms with Gasteiger partial charge >= 0.3 is 5.97 Å². The molecule has 1 saturated heterocycles. The Hall–Kier alpha value is -2.44. The first-order valence-corrected chi connectivity index (χ1v) is 7.86. The molecule has 1 heterocycles. The molecule has 0 saturated carbocycles. The number of rotatable bonds is 6. The van der Waals surface area contributed by atoms with Crippen molar-refractivity contribution in [3.63, 3.8) is 0 Å². The molecule has 0 radical (unpaired) electrons. The number of hydrogen-bond acceptors (Lipinski definition) is 4. The highest BCUT2D eigenvalue weighted by Gasteiger charge is 2.37. The van der Waals surface area contributed by atoms with Crippen molar-refractivity contribution in [1.82, 2.24) is 5.32 Å². The van der Waals surface area contributed by atoms with Gasteiger partial charge in [-0.3, -0.25) is 14.4 Å². The van der Waals surface area contributed by atoms with Crippen LogP contribution in [0.5, 0.6) is 0 Å². The molecule has 24 heavy (non-hydrogen) atoms. The molecule has 7 heteroatoms. The van der Waals surface area contributed by atoms with Gasteiger partial charge in [0, 0.05) is 19.5 Å². The van der Waals surface area contributed by atoms with E-state index in [1.165, 1.54) is 23.1 Å². The molecule has 1 fully saturated rings. The van der Waals surface area contributed by atoms with Gasteiger partial charge in [0.2, 0.25) is 5.91 Å². The summed E-state index contributed by atoms with van der Waals surface area (Å²) in [5.74, 6) is -2.27. The quantitative estimate of drug-likeness (QED) is 0.799. The Morgan fingerprint density at radius 1 is 1.38 bits per heavy atom. The zero-order valence-electron chi connectivity index (χ0n) is 13.8. The SMILES string of the molecule is CC(C)CNC(=O)COC(=O)[C@@H]1CC(=O)N(c2ccccc2F)C1. The molecule has 1 atom stereocenters. The predicted molar refractivity (Wildman–Crippen MR) is 85.7 cm³/mol. The van der Waals surface area contributed by atoms with Crippen LogP contribution in [0.3, 0.4) is 0 Å². The second kappa shape index (κ2) is 7.90. The van der Waals surface area contributed by atoms with Crippen LogP contribution in [0.4, 0.5) is 10.1 Å². The van der Waals surface area contributed by atoms with Crippen LogP contribution in [0.2, 0.25) is 0 Å². The molecule has 0 aromatic heterocycles. The van der Waals surface area contributed by atoms with Gasteiger partial charge in [-0.25, -0.2) is 4.39 Å². The number of nitrogens with zero attached hydrogens (tertiary/aromatic N) is 1. The van der Waals surface area contributed by atoms with Crippen LogP contribution >= 0.6 is 0 Å². The molecule has 0 aliphatic carbocycles. The minimum absolute atomic E-state index is 0.0478. The number of esters is 1. The number of hydrogen-bond donors (Lipinski definition) is 1. The van der Waals surface area contributed by atoms with Crippen molar-refractivity contribution >= 4 is 23.5 Å². The molecule has 1 aliphatic heterocycles. The third-order valence-corrected chi connectivity index (χ3v) is 3.65. The Morgan fingerprint density at radius 3 is 2.75 bits per heavy atom. The molecule has 2 rings (SSSR count). The predicted octanol–water partition coefficient (Wildman–Crippen LogP) is 1.49. The largest absolute Gasteiger partial charge is 0.455 e. The van der Waals surface area contributed by atoms with E-state index < -0.39 is 17.7 Å². The summed E-state index contributed by atoms with van der Waals surface area (Å²) in [5, 5.41) is 2.64. The fourth-order valence-electron chi connectivity index (χ4n) is 2.39. The zero-order valence-corrected chi connectivity index (χ0v) is 13.8. The van der Waals surface area contributed by atoms with E-state index in [1.807, 2.05) is 13.8 Å². The summed E-state index contributed by atoms with van der Waals surface area (Å²) in [6, 6.07) is 5.89. The Bertz CT molecular complexity index is 633. The molecule has 1 aromatic carbocycles. The topological polar surface area (TPSA) is 75.7 Å². The fraction of sp³-hybridized carbons (Fsp3) is 0.471. The second-order valence-corrected chi connectivity index (χ2v) is 6.16. The summed E-state index contributed by atoms with van der Waals surface area (Å²) in [5.41, 5.74) is 0.146. The van der Waals surface area contributed by atoms with Crippen LogP contribution in [0, 0.1) is 17.7 Å². The number of anilines is 1. The van der Waals surface area contributed by atoms with E-state index in [1.54, 1.807) is 6.07 Å². The Balaban J connectivity index is 1.88. The highest BCUT2D eigenvalue weighted by molar-refractivity contribution is 5.99. The second-order valence-electron chi connectivity index (χ2n) is 6.16. The van der Waals surface area contributed by atoms with Crippen molar-refractivity contribution in [3.05, 3.63) is 30.1 Å². The van der Waals surface area contributed by atoms with Gasteiger partial charge in [-0.2, -0.15) is 0 Å². The van der Waals surface area contributed by atoms with E-state index >= 15 is 0 Å². The van der Waals surface area contributed by atoms with Gasteiger partial charge in [-0.15, -0.1) is 0 Å². The number of nitrogens with one attached hydrogen (secondary N) is 1. The molecule has 130 valence electrons. The summed E-state index contributed by atoms with van der Waals surface area (Å²) >= 11 is 0. The number of halogens is 1. The van der Waals surface area contributed by atoms with Gasteiger partial charge in [0.05, 0.1) is 11.6 Å². The lowest BCUT2D eigenvalue weighted by atomic mass is 10.1. The van der Waals surface area contributed by atoms with Gasteiger partial charge in [-0.1, -0.05) is 26.0 Å². The van der Waals surface area contributed by atoms with Crippen molar-refractivity contribution in [1.29, 1.82) is 0 Å². The van der Waals surface area contributed by atoms with Gasteiger partial charge in [-0.05, 0) is 18.1 Å². The lowest BCUT2D eigenvalue weighted by Gasteiger charge is -2.17. The number of benzene rings is 1. The van der Waals surface area contributed by atoms with Gasteiger partial charge in [0.1, 0.15) is 5.82 Å². The molecule has 1 aromatic rings. The van der Waals surface area contributed by atoms with Crippen molar-refractivity contribution in [2.24, 2.45) is 11.8 Å². The molecule has 6 nitrogen and oxygen atoms in total. The molecular formula is C17H21FN2O4. The number of para-hydroxylation sites is 1. The van der Waals surface area contributed by atoms with Crippen LogP contribution in [-0.2, 0) is 19.1 Å². The van der Waals surface area contributed by atoms with Gasteiger partial charge < -0.3 is 15.0 Å². The van der Waals surface area contributed by atoms with E-state index in [4.69, 9.17) is 4.74 Å². The highest BCUT2D eigenvalue weighted by atomic mass is 19.1. The lowest BCUT2D eigenvalue weighted by molar-refractivity contribution is -0.152. The summed E-state index contributed by atoms with van der Waals surface area (Å²) in [6.07, 6.45) is -0.0548. The van der Waals surface area contributed by atoms with Crippen molar-refractivity contribution < 1.29 is 23.5 Å². The first kappa shape index (κ1) is 17.9. The molecule has 2 amide bonds. The average Bonchev–Trinajstić information content (AvgIpc) is 2.93. The first-order chi connectivity index (χ1) is 11.4. The maximum absolute atomic E-state index is 13.8. The Kier molecular flexibility index (Phi) is 5.89. The smallest absolute Gasteiger partial charge is 0.311 e.